The Morgan fingerprint density at radius 3 is 2.71 bits per heavy atom. The average molecular weight is 438 g/mol. The van der Waals surface area contributed by atoms with Gasteiger partial charge >= 0.3 is 0 Å². The summed E-state index contributed by atoms with van der Waals surface area (Å²) in [6.45, 7) is 5.18. The third-order valence-corrected chi connectivity index (χ3v) is 6.07. The molecule has 0 aliphatic carbocycles. The number of carbonyl (C=O) groups is 2. The normalized spacial score (nSPS) is 16.2. The second-order valence-electron chi connectivity index (χ2n) is 7.31. The molecule has 1 fully saturated rings. The van der Waals surface area contributed by atoms with Crippen LogP contribution in [-0.2, 0) is 4.74 Å². The van der Waals surface area contributed by atoms with Gasteiger partial charge in [-0.15, -0.1) is 11.3 Å². The van der Waals surface area contributed by atoms with E-state index in [0.29, 0.717) is 30.3 Å². The van der Waals surface area contributed by atoms with E-state index < -0.39 is 0 Å². The van der Waals surface area contributed by atoms with E-state index in [1.54, 1.807) is 29.7 Å². The summed E-state index contributed by atoms with van der Waals surface area (Å²) in [4.78, 5) is 40.2. The van der Waals surface area contributed by atoms with Crippen molar-refractivity contribution >= 4 is 23.2 Å². The Kier molecular flexibility index (Phi) is 6.06. The summed E-state index contributed by atoms with van der Waals surface area (Å²) in [5.74, 6) is -0.246. The van der Waals surface area contributed by atoms with Crippen molar-refractivity contribution in [2.45, 2.75) is 20.0 Å². The molecule has 1 aliphatic heterocycles. The van der Waals surface area contributed by atoms with Crippen LogP contribution in [0.1, 0.15) is 43.3 Å². The van der Waals surface area contributed by atoms with Gasteiger partial charge < -0.3 is 15.0 Å². The highest BCUT2D eigenvalue weighted by Crippen LogP contribution is 2.28. The van der Waals surface area contributed by atoms with E-state index in [-0.39, 0.29) is 17.9 Å². The van der Waals surface area contributed by atoms with E-state index in [9.17, 15) is 9.59 Å². The number of thiazole rings is 1. The van der Waals surface area contributed by atoms with Crippen LogP contribution in [0.25, 0.3) is 11.1 Å². The van der Waals surface area contributed by atoms with Crippen LogP contribution in [0.4, 0.5) is 0 Å². The van der Waals surface area contributed by atoms with Gasteiger partial charge in [0, 0.05) is 31.0 Å². The molecule has 0 aromatic carbocycles. The third kappa shape index (κ3) is 4.47. The Balaban J connectivity index is 1.57. The number of nitrogens with zero attached hydrogens (tertiary/aromatic N) is 4. The van der Waals surface area contributed by atoms with Crippen LogP contribution in [0.5, 0.6) is 0 Å². The number of rotatable bonds is 4. The minimum Gasteiger partial charge on any atom is -0.368 e. The molecular formula is C22H23N5O3S. The number of amides is 2. The molecule has 1 N–H and O–H groups in total. The number of nitrogens with one attached hydrogen (secondary N) is 1. The number of carbonyl (C=O) groups excluding carboxylic acids is 2. The number of pyridine rings is 2. The van der Waals surface area contributed by atoms with Crippen molar-refractivity contribution in [3.05, 3.63) is 63.6 Å². The summed E-state index contributed by atoms with van der Waals surface area (Å²) < 4.78 is 5.97. The van der Waals surface area contributed by atoms with Crippen LogP contribution >= 0.6 is 11.3 Å². The van der Waals surface area contributed by atoms with Gasteiger partial charge in [-0.1, -0.05) is 6.07 Å². The maximum atomic E-state index is 12.9. The summed E-state index contributed by atoms with van der Waals surface area (Å²) in [6, 6.07) is 7.48. The zero-order valence-corrected chi connectivity index (χ0v) is 18.4. The molecule has 3 aromatic heterocycles. The first-order valence-corrected chi connectivity index (χ1v) is 10.8. The van der Waals surface area contributed by atoms with Crippen LogP contribution in [0.2, 0.25) is 0 Å². The lowest BCUT2D eigenvalue weighted by molar-refractivity contribution is -0.0246. The fourth-order valence-electron chi connectivity index (χ4n) is 3.52. The molecule has 4 rings (SSSR count). The number of ether oxygens (including phenoxy) is 1. The molecule has 4 heterocycles. The summed E-state index contributed by atoms with van der Waals surface area (Å²) in [5, 5.41) is 2.57. The number of aryl methyl sites for hydroxylation is 2. The van der Waals surface area contributed by atoms with Crippen molar-refractivity contribution < 1.29 is 14.3 Å². The number of aromatic nitrogens is 3. The molecule has 31 heavy (non-hydrogen) atoms. The largest absolute Gasteiger partial charge is 0.368 e. The van der Waals surface area contributed by atoms with Crippen molar-refractivity contribution in [2.75, 3.05) is 26.7 Å². The van der Waals surface area contributed by atoms with Gasteiger partial charge in [-0.2, -0.15) is 0 Å². The SMILES string of the molecule is CNC(=O)c1ccc(-c2cc(C)nc([C@@H]3CN(C(=O)c4scnc4C)CCO3)c2)cn1. The topological polar surface area (TPSA) is 97.3 Å². The van der Waals surface area contributed by atoms with Gasteiger partial charge in [0.25, 0.3) is 11.8 Å². The van der Waals surface area contributed by atoms with Gasteiger partial charge in [0.2, 0.25) is 0 Å². The Bertz CT molecular complexity index is 1110. The molecule has 8 nitrogen and oxygen atoms in total. The van der Waals surface area contributed by atoms with E-state index >= 15 is 0 Å². The first kappa shape index (κ1) is 21.1. The Morgan fingerprint density at radius 2 is 2.03 bits per heavy atom. The molecule has 9 heteroatoms. The summed E-state index contributed by atoms with van der Waals surface area (Å²) in [7, 11) is 1.57. The molecule has 1 saturated heterocycles. The fourth-order valence-corrected chi connectivity index (χ4v) is 4.29. The molecule has 2 amide bonds. The Hall–Kier alpha value is -3.17. The van der Waals surface area contributed by atoms with Crippen molar-refractivity contribution in [2.24, 2.45) is 0 Å². The van der Waals surface area contributed by atoms with Crippen LogP contribution in [-0.4, -0.2) is 58.4 Å². The molecule has 160 valence electrons. The van der Waals surface area contributed by atoms with Crippen LogP contribution in [0, 0.1) is 13.8 Å². The van der Waals surface area contributed by atoms with Crippen molar-refractivity contribution in [3.63, 3.8) is 0 Å². The van der Waals surface area contributed by atoms with E-state index in [0.717, 1.165) is 28.2 Å². The summed E-state index contributed by atoms with van der Waals surface area (Å²) in [6.07, 6.45) is 1.36. The number of hydrogen-bond donors (Lipinski definition) is 1. The van der Waals surface area contributed by atoms with Gasteiger partial charge in [0.15, 0.2) is 0 Å². The minimum atomic E-state index is -0.317. The second-order valence-corrected chi connectivity index (χ2v) is 8.17. The lowest BCUT2D eigenvalue weighted by atomic mass is 10.0. The van der Waals surface area contributed by atoms with Gasteiger partial charge in [0.05, 0.1) is 30.1 Å². The molecule has 0 radical (unpaired) electrons. The quantitative estimate of drug-likeness (QED) is 0.674. The maximum absolute atomic E-state index is 12.9. The summed E-state index contributed by atoms with van der Waals surface area (Å²) >= 11 is 1.36. The smallest absolute Gasteiger partial charge is 0.269 e. The second kappa shape index (κ2) is 8.91. The fraction of sp³-hybridized carbons (Fsp3) is 0.318. The molecule has 0 bridgehead atoms. The van der Waals surface area contributed by atoms with Gasteiger partial charge in [0.1, 0.15) is 16.7 Å². The van der Waals surface area contributed by atoms with E-state index in [4.69, 9.17) is 4.74 Å². The Labute approximate surface area is 184 Å². The number of morpholine rings is 1. The van der Waals surface area contributed by atoms with E-state index in [2.05, 4.69) is 20.3 Å². The molecule has 0 spiro atoms. The highest BCUT2D eigenvalue weighted by molar-refractivity contribution is 7.11. The lowest BCUT2D eigenvalue weighted by Crippen LogP contribution is -2.42. The van der Waals surface area contributed by atoms with E-state index in [1.807, 2.05) is 32.0 Å². The highest BCUT2D eigenvalue weighted by atomic mass is 32.1. The molecular weight excluding hydrogens is 414 g/mol. The van der Waals surface area contributed by atoms with Gasteiger partial charge in [-0.3, -0.25) is 19.6 Å². The predicted molar refractivity (Wildman–Crippen MR) is 117 cm³/mol. The maximum Gasteiger partial charge on any atom is 0.269 e. The molecule has 1 atom stereocenters. The zero-order valence-electron chi connectivity index (χ0n) is 17.6. The standard InChI is InChI=1S/C22H23N5O3S/c1-13-8-16(15-4-5-17(24-10-15)21(28)23-3)9-18(26-13)19-11-27(6-7-30-19)22(29)20-14(2)25-12-31-20/h4-5,8-10,12,19H,6-7,11H2,1-3H3,(H,23,28)/t19-/m0/s1. The molecule has 1 aliphatic rings. The minimum absolute atomic E-state index is 0.0184. The summed E-state index contributed by atoms with van der Waals surface area (Å²) in [5.41, 5.74) is 6.23. The average Bonchev–Trinajstić information content (AvgIpc) is 3.23. The van der Waals surface area contributed by atoms with Crippen LogP contribution in [0.15, 0.2) is 36.0 Å². The highest BCUT2D eigenvalue weighted by Gasteiger charge is 2.29. The van der Waals surface area contributed by atoms with Gasteiger partial charge in [-0.25, -0.2) is 4.98 Å². The third-order valence-electron chi connectivity index (χ3n) is 5.15. The van der Waals surface area contributed by atoms with Crippen LogP contribution < -0.4 is 5.32 Å². The zero-order chi connectivity index (χ0) is 22.0. The first-order valence-electron chi connectivity index (χ1n) is 9.94. The van der Waals surface area contributed by atoms with Crippen molar-refractivity contribution in [1.29, 1.82) is 0 Å². The monoisotopic (exact) mass is 437 g/mol. The van der Waals surface area contributed by atoms with Crippen molar-refractivity contribution in [3.8, 4) is 11.1 Å². The first-order chi connectivity index (χ1) is 15.0. The predicted octanol–water partition coefficient (Wildman–Crippen LogP) is 2.79. The van der Waals surface area contributed by atoms with Crippen LogP contribution in [0.3, 0.4) is 0 Å². The molecule has 3 aromatic rings. The molecule has 0 unspecified atom stereocenters. The number of hydrogen-bond acceptors (Lipinski definition) is 7. The van der Waals surface area contributed by atoms with E-state index in [1.165, 1.54) is 11.3 Å². The Morgan fingerprint density at radius 1 is 1.19 bits per heavy atom. The molecule has 0 saturated carbocycles. The lowest BCUT2D eigenvalue weighted by Gasteiger charge is -2.32. The van der Waals surface area contributed by atoms with Crippen molar-refractivity contribution in [1.82, 2.24) is 25.2 Å². The van der Waals surface area contributed by atoms with Gasteiger partial charge in [-0.05, 0) is 37.6 Å².